The standard InChI is InChI=1S/C17H25N3O3/c1-3-8-18-17(22)20-11-9-19(10-12-20)16(21)13-14-6-4-5-7-15(14)23-2/h4-7H,3,8-13H2,1-2H3,(H,18,22). The number of methoxy groups -OCH3 is 1. The highest BCUT2D eigenvalue weighted by atomic mass is 16.5. The zero-order valence-electron chi connectivity index (χ0n) is 13.9. The van der Waals surface area contributed by atoms with Crippen LogP contribution in [0.15, 0.2) is 24.3 Å². The van der Waals surface area contributed by atoms with Crippen LogP contribution in [-0.2, 0) is 11.2 Å². The summed E-state index contributed by atoms with van der Waals surface area (Å²) in [4.78, 5) is 27.9. The Morgan fingerprint density at radius 1 is 1.13 bits per heavy atom. The summed E-state index contributed by atoms with van der Waals surface area (Å²) in [6, 6.07) is 7.52. The summed E-state index contributed by atoms with van der Waals surface area (Å²) in [5, 5.41) is 2.87. The third-order valence-corrected chi connectivity index (χ3v) is 3.98. The normalized spacial score (nSPS) is 14.5. The van der Waals surface area contributed by atoms with E-state index in [0.717, 1.165) is 17.7 Å². The van der Waals surface area contributed by atoms with Crippen LogP contribution in [-0.4, -0.2) is 61.6 Å². The second-order valence-electron chi connectivity index (χ2n) is 5.59. The Kier molecular flexibility index (Phi) is 6.26. The molecule has 0 unspecified atom stereocenters. The molecular weight excluding hydrogens is 294 g/mol. The highest BCUT2D eigenvalue weighted by molar-refractivity contribution is 5.80. The molecule has 1 aliphatic heterocycles. The van der Waals surface area contributed by atoms with Crippen LogP contribution in [0, 0.1) is 0 Å². The van der Waals surface area contributed by atoms with Crippen LogP contribution in [0.3, 0.4) is 0 Å². The van der Waals surface area contributed by atoms with Gasteiger partial charge in [-0.15, -0.1) is 0 Å². The first kappa shape index (κ1) is 17.1. The average Bonchev–Trinajstić information content (AvgIpc) is 2.60. The molecular formula is C17H25N3O3. The van der Waals surface area contributed by atoms with Gasteiger partial charge in [0, 0.05) is 38.3 Å². The topological polar surface area (TPSA) is 61.9 Å². The first-order chi connectivity index (χ1) is 11.2. The van der Waals surface area contributed by atoms with E-state index in [1.807, 2.05) is 36.1 Å². The Bertz CT molecular complexity index is 540. The van der Waals surface area contributed by atoms with E-state index < -0.39 is 0 Å². The van der Waals surface area contributed by atoms with E-state index in [1.54, 1.807) is 12.0 Å². The SMILES string of the molecule is CCCNC(=O)N1CCN(C(=O)Cc2ccccc2OC)CC1. The van der Waals surface area contributed by atoms with Crippen molar-refractivity contribution >= 4 is 11.9 Å². The fourth-order valence-corrected chi connectivity index (χ4v) is 2.63. The smallest absolute Gasteiger partial charge is 0.317 e. The summed E-state index contributed by atoms with van der Waals surface area (Å²) in [6.07, 6.45) is 1.25. The molecule has 1 aromatic rings. The Morgan fingerprint density at radius 2 is 1.78 bits per heavy atom. The maximum atomic E-state index is 12.4. The van der Waals surface area contributed by atoms with Crippen molar-refractivity contribution in [3.63, 3.8) is 0 Å². The minimum absolute atomic E-state index is 0.0383. The molecule has 0 bridgehead atoms. The second kappa shape index (κ2) is 8.41. The van der Waals surface area contributed by atoms with Crippen molar-refractivity contribution in [1.82, 2.24) is 15.1 Å². The zero-order valence-corrected chi connectivity index (χ0v) is 13.9. The van der Waals surface area contributed by atoms with Crippen molar-refractivity contribution < 1.29 is 14.3 Å². The predicted octanol–water partition coefficient (Wildman–Crippen LogP) is 1.50. The lowest BCUT2D eigenvalue weighted by Gasteiger charge is -2.34. The van der Waals surface area contributed by atoms with Gasteiger partial charge in [-0.25, -0.2) is 4.79 Å². The number of carbonyl (C=O) groups is 2. The van der Waals surface area contributed by atoms with Gasteiger partial charge in [0.15, 0.2) is 0 Å². The molecule has 1 fully saturated rings. The van der Waals surface area contributed by atoms with Gasteiger partial charge in [0.05, 0.1) is 13.5 Å². The molecule has 0 atom stereocenters. The molecule has 126 valence electrons. The van der Waals surface area contributed by atoms with Crippen LogP contribution in [0.25, 0.3) is 0 Å². The number of urea groups is 1. The number of para-hydroxylation sites is 1. The largest absolute Gasteiger partial charge is 0.496 e. The summed E-state index contributed by atoms with van der Waals surface area (Å²) >= 11 is 0. The van der Waals surface area contributed by atoms with E-state index in [1.165, 1.54) is 0 Å². The van der Waals surface area contributed by atoms with Gasteiger partial charge in [-0.2, -0.15) is 0 Å². The number of nitrogens with zero attached hydrogens (tertiary/aromatic N) is 2. The van der Waals surface area contributed by atoms with Crippen molar-refractivity contribution in [2.45, 2.75) is 19.8 Å². The monoisotopic (exact) mass is 319 g/mol. The van der Waals surface area contributed by atoms with Crippen LogP contribution in [0.2, 0.25) is 0 Å². The average molecular weight is 319 g/mol. The lowest BCUT2D eigenvalue weighted by Crippen LogP contribution is -2.53. The molecule has 1 N–H and O–H groups in total. The van der Waals surface area contributed by atoms with Gasteiger partial charge in [-0.05, 0) is 12.5 Å². The molecule has 1 heterocycles. The number of benzene rings is 1. The molecule has 1 saturated heterocycles. The maximum absolute atomic E-state index is 12.4. The van der Waals surface area contributed by atoms with Crippen LogP contribution < -0.4 is 10.1 Å². The first-order valence-corrected chi connectivity index (χ1v) is 8.08. The minimum atomic E-state index is -0.0383. The third-order valence-electron chi connectivity index (χ3n) is 3.98. The van der Waals surface area contributed by atoms with Gasteiger partial charge in [0.25, 0.3) is 0 Å². The van der Waals surface area contributed by atoms with E-state index in [9.17, 15) is 9.59 Å². The Morgan fingerprint density at radius 3 is 2.43 bits per heavy atom. The number of nitrogens with one attached hydrogen (secondary N) is 1. The number of hydrogen-bond acceptors (Lipinski definition) is 3. The third kappa shape index (κ3) is 4.61. The number of carbonyl (C=O) groups excluding carboxylic acids is 2. The summed E-state index contributed by atoms with van der Waals surface area (Å²) < 4.78 is 5.29. The lowest BCUT2D eigenvalue weighted by atomic mass is 10.1. The molecule has 0 radical (unpaired) electrons. The molecule has 1 aliphatic rings. The minimum Gasteiger partial charge on any atom is -0.496 e. The molecule has 6 heteroatoms. The van der Waals surface area contributed by atoms with E-state index in [0.29, 0.717) is 39.1 Å². The number of piperazine rings is 1. The van der Waals surface area contributed by atoms with Crippen molar-refractivity contribution in [3.8, 4) is 5.75 Å². The van der Waals surface area contributed by atoms with E-state index in [4.69, 9.17) is 4.74 Å². The lowest BCUT2D eigenvalue weighted by molar-refractivity contribution is -0.131. The van der Waals surface area contributed by atoms with E-state index in [-0.39, 0.29) is 11.9 Å². The van der Waals surface area contributed by atoms with Crippen molar-refractivity contribution in [2.75, 3.05) is 39.8 Å². The van der Waals surface area contributed by atoms with Gasteiger partial charge < -0.3 is 19.9 Å². The van der Waals surface area contributed by atoms with E-state index >= 15 is 0 Å². The predicted molar refractivity (Wildman–Crippen MR) is 88.5 cm³/mol. The van der Waals surface area contributed by atoms with Crippen molar-refractivity contribution in [3.05, 3.63) is 29.8 Å². The highest BCUT2D eigenvalue weighted by Crippen LogP contribution is 2.18. The fraction of sp³-hybridized carbons (Fsp3) is 0.529. The molecule has 0 saturated carbocycles. The number of amides is 3. The van der Waals surface area contributed by atoms with Crippen LogP contribution in [0.5, 0.6) is 5.75 Å². The Hall–Kier alpha value is -2.24. The highest BCUT2D eigenvalue weighted by Gasteiger charge is 2.24. The molecule has 0 aromatic heterocycles. The molecule has 0 aliphatic carbocycles. The molecule has 0 spiro atoms. The van der Waals surface area contributed by atoms with Crippen LogP contribution in [0.1, 0.15) is 18.9 Å². The Labute approximate surface area is 137 Å². The zero-order chi connectivity index (χ0) is 16.7. The Balaban J connectivity index is 1.85. The number of rotatable bonds is 5. The summed E-state index contributed by atoms with van der Waals surface area (Å²) in [6.45, 7) is 5.02. The van der Waals surface area contributed by atoms with Gasteiger partial charge in [0.1, 0.15) is 5.75 Å². The first-order valence-electron chi connectivity index (χ1n) is 8.08. The molecule has 1 aromatic carbocycles. The molecule has 23 heavy (non-hydrogen) atoms. The fourth-order valence-electron chi connectivity index (χ4n) is 2.63. The quantitative estimate of drug-likeness (QED) is 0.895. The summed E-state index contributed by atoms with van der Waals surface area (Å²) in [5.41, 5.74) is 0.892. The van der Waals surface area contributed by atoms with Crippen molar-refractivity contribution in [1.29, 1.82) is 0 Å². The van der Waals surface area contributed by atoms with Crippen LogP contribution in [0.4, 0.5) is 4.79 Å². The van der Waals surface area contributed by atoms with Gasteiger partial charge in [-0.1, -0.05) is 25.1 Å². The van der Waals surface area contributed by atoms with Gasteiger partial charge >= 0.3 is 6.03 Å². The van der Waals surface area contributed by atoms with Gasteiger partial charge in [0.2, 0.25) is 5.91 Å². The van der Waals surface area contributed by atoms with Crippen LogP contribution >= 0.6 is 0 Å². The molecule has 3 amide bonds. The summed E-state index contributed by atoms with van der Waals surface area (Å²) in [7, 11) is 1.61. The maximum Gasteiger partial charge on any atom is 0.317 e. The number of hydrogen-bond donors (Lipinski definition) is 1. The summed E-state index contributed by atoms with van der Waals surface area (Å²) in [5.74, 6) is 0.807. The molecule has 2 rings (SSSR count). The molecule has 6 nitrogen and oxygen atoms in total. The second-order valence-corrected chi connectivity index (χ2v) is 5.59. The van der Waals surface area contributed by atoms with Gasteiger partial charge in [-0.3, -0.25) is 4.79 Å². The van der Waals surface area contributed by atoms with E-state index in [2.05, 4.69) is 5.32 Å². The van der Waals surface area contributed by atoms with Crippen molar-refractivity contribution in [2.24, 2.45) is 0 Å². The number of ether oxygens (including phenoxy) is 1.